The summed E-state index contributed by atoms with van der Waals surface area (Å²) in [6.45, 7) is 4.15. The van der Waals surface area contributed by atoms with Gasteiger partial charge in [-0.1, -0.05) is 38.1 Å². The third kappa shape index (κ3) is 2.30. The summed E-state index contributed by atoms with van der Waals surface area (Å²) in [4.78, 5) is 23.2. The van der Waals surface area contributed by atoms with E-state index in [1.165, 1.54) is 5.56 Å². The third-order valence-corrected chi connectivity index (χ3v) is 3.93. The highest BCUT2D eigenvalue weighted by Gasteiger charge is 2.39. The number of rotatable bonds is 3. The van der Waals surface area contributed by atoms with Gasteiger partial charge in [0, 0.05) is 18.3 Å². The summed E-state index contributed by atoms with van der Waals surface area (Å²) in [6.07, 6.45) is 2.61. The molecule has 0 bridgehead atoms. The predicted molar refractivity (Wildman–Crippen MR) is 70.2 cm³/mol. The molecule has 0 aliphatic carbocycles. The fourth-order valence-electron chi connectivity index (χ4n) is 2.67. The molecule has 0 atom stereocenters. The summed E-state index contributed by atoms with van der Waals surface area (Å²) in [5, 5.41) is 2.38. The monoisotopic (exact) mass is 245 g/mol. The molecule has 3 heteroatoms. The molecular weight excluding hydrogens is 226 g/mol. The SMILES string of the molecule is CCc1ccc(C2(CC)CC(=O)NC(=O)C2)cc1. The van der Waals surface area contributed by atoms with Crippen LogP contribution in [-0.4, -0.2) is 11.8 Å². The number of hydrogen-bond acceptors (Lipinski definition) is 2. The summed E-state index contributed by atoms with van der Waals surface area (Å²) in [7, 11) is 0. The first-order chi connectivity index (χ1) is 8.59. The zero-order valence-electron chi connectivity index (χ0n) is 11.0. The lowest BCUT2D eigenvalue weighted by atomic mass is 9.70. The topological polar surface area (TPSA) is 46.2 Å². The van der Waals surface area contributed by atoms with Crippen LogP contribution in [-0.2, 0) is 21.4 Å². The van der Waals surface area contributed by atoms with Crippen molar-refractivity contribution < 1.29 is 9.59 Å². The van der Waals surface area contributed by atoms with Gasteiger partial charge in [-0.2, -0.15) is 0 Å². The second-order valence-corrected chi connectivity index (χ2v) is 5.01. The van der Waals surface area contributed by atoms with Gasteiger partial charge in [-0.15, -0.1) is 0 Å². The normalized spacial score (nSPS) is 18.6. The predicted octanol–water partition coefficient (Wildman–Crippen LogP) is 2.33. The number of aryl methyl sites for hydroxylation is 1. The van der Waals surface area contributed by atoms with Crippen LogP contribution in [0.15, 0.2) is 24.3 Å². The molecule has 0 aromatic heterocycles. The molecule has 0 saturated carbocycles. The Morgan fingerprint density at radius 2 is 1.61 bits per heavy atom. The largest absolute Gasteiger partial charge is 0.296 e. The molecule has 1 aliphatic heterocycles. The molecule has 1 fully saturated rings. The molecule has 0 radical (unpaired) electrons. The van der Waals surface area contributed by atoms with E-state index in [-0.39, 0.29) is 17.2 Å². The van der Waals surface area contributed by atoms with Gasteiger partial charge in [0.2, 0.25) is 11.8 Å². The van der Waals surface area contributed by atoms with Crippen LogP contribution in [0.5, 0.6) is 0 Å². The molecule has 3 nitrogen and oxygen atoms in total. The van der Waals surface area contributed by atoms with E-state index in [1.807, 2.05) is 6.92 Å². The second-order valence-electron chi connectivity index (χ2n) is 5.01. The molecule has 0 spiro atoms. The lowest BCUT2D eigenvalue weighted by molar-refractivity contribution is -0.135. The van der Waals surface area contributed by atoms with Crippen molar-refractivity contribution in [3.63, 3.8) is 0 Å². The first-order valence-corrected chi connectivity index (χ1v) is 6.52. The van der Waals surface area contributed by atoms with Crippen LogP contribution in [0.25, 0.3) is 0 Å². The Bertz CT molecular complexity index is 446. The van der Waals surface area contributed by atoms with Crippen molar-refractivity contribution in [1.29, 1.82) is 0 Å². The van der Waals surface area contributed by atoms with Crippen LogP contribution in [0.3, 0.4) is 0 Å². The summed E-state index contributed by atoms with van der Waals surface area (Å²) in [5.74, 6) is -0.319. The minimum Gasteiger partial charge on any atom is -0.296 e. The number of carbonyl (C=O) groups is 2. The van der Waals surface area contributed by atoms with Crippen LogP contribution in [0.2, 0.25) is 0 Å². The van der Waals surface area contributed by atoms with Crippen LogP contribution in [0.1, 0.15) is 44.2 Å². The van der Waals surface area contributed by atoms with Gasteiger partial charge < -0.3 is 0 Å². The maximum atomic E-state index is 11.6. The van der Waals surface area contributed by atoms with E-state index in [9.17, 15) is 9.59 Å². The average Bonchev–Trinajstić information content (AvgIpc) is 2.37. The molecule has 1 aromatic carbocycles. The van der Waals surface area contributed by atoms with Crippen molar-refractivity contribution in [2.45, 2.75) is 44.9 Å². The molecule has 2 amide bonds. The summed E-state index contributed by atoms with van der Waals surface area (Å²) in [5.41, 5.74) is 2.06. The summed E-state index contributed by atoms with van der Waals surface area (Å²) >= 11 is 0. The standard InChI is InChI=1S/C15H19NO2/c1-3-11-5-7-12(8-6-11)15(4-2)9-13(17)16-14(18)10-15/h5-8H,3-4,9-10H2,1-2H3,(H,16,17,18). The number of imide groups is 1. The number of benzene rings is 1. The number of carbonyl (C=O) groups excluding carboxylic acids is 2. The van der Waals surface area contributed by atoms with E-state index in [2.05, 4.69) is 36.5 Å². The van der Waals surface area contributed by atoms with Gasteiger partial charge >= 0.3 is 0 Å². The Balaban J connectivity index is 2.35. The number of piperidine rings is 1. The number of hydrogen-bond donors (Lipinski definition) is 1. The Morgan fingerprint density at radius 1 is 1.06 bits per heavy atom. The van der Waals surface area contributed by atoms with E-state index < -0.39 is 0 Å². The maximum Gasteiger partial charge on any atom is 0.227 e. The Labute approximate surface area is 108 Å². The molecule has 1 heterocycles. The lowest BCUT2D eigenvalue weighted by Crippen LogP contribution is -2.46. The maximum absolute atomic E-state index is 11.6. The van der Waals surface area contributed by atoms with E-state index in [0.29, 0.717) is 12.8 Å². The van der Waals surface area contributed by atoms with Crippen molar-refractivity contribution in [3.05, 3.63) is 35.4 Å². The van der Waals surface area contributed by atoms with Crippen LogP contribution in [0, 0.1) is 0 Å². The molecule has 1 aliphatic rings. The molecule has 2 rings (SSSR count). The highest BCUT2D eigenvalue weighted by atomic mass is 16.2. The molecule has 18 heavy (non-hydrogen) atoms. The Hall–Kier alpha value is -1.64. The molecule has 1 saturated heterocycles. The first-order valence-electron chi connectivity index (χ1n) is 6.52. The van der Waals surface area contributed by atoms with Crippen molar-refractivity contribution in [3.8, 4) is 0 Å². The summed E-state index contributed by atoms with van der Waals surface area (Å²) in [6, 6.07) is 8.30. The van der Waals surface area contributed by atoms with E-state index >= 15 is 0 Å². The molecule has 1 N–H and O–H groups in total. The molecule has 1 aromatic rings. The highest BCUT2D eigenvalue weighted by molar-refractivity contribution is 5.99. The van der Waals surface area contributed by atoms with E-state index in [4.69, 9.17) is 0 Å². The number of nitrogens with one attached hydrogen (secondary N) is 1. The van der Waals surface area contributed by atoms with E-state index in [0.717, 1.165) is 18.4 Å². The zero-order valence-corrected chi connectivity index (χ0v) is 11.0. The average molecular weight is 245 g/mol. The van der Waals surface area contributed by atoms with Gasteiger partial charge in [0.1, 0.15) is 0 Å². The Kier molecular flexibility index (Phi) is 3.50. The molecular formula is C15H19NO2. The van der Waals surface area contributed by atoms with Gasteiger partial charge in [0.25, 0.3) is 0 Å². The minimum atomic E-state index is -0.314. The molecule has 96 valence electrons. The first kappa shape index (κ1) is 12.8. The minimum absolute atomic E-state index is 0.160. The van der Waals surface area contributed by atoms with Gasteiger partial charge in [-0.05, 0) is 24.0 Å². The second kappa shape index (κ2) is 4.92. The lowest BCUT2D eigenvalue weighted by Gasteiger charge is -2.35. The van der Waals surface area contributed by atoms with Crippen molar-refractivity contribution in [2.75, 3.05) is 0 Å². The fourth-order valence-corrected chi connectivity index (χ4v) is 2.67. The Morgan fingerprint density at radius 3 is 2.06 bits per heavy atom. The van der Waals surface area contributed by atoms with Gasteiger partial charge in [-0.3, -0.25) is 14.9 Å². The van der Waals surface area contributed by atoms with E-state index in [1.54, 1.807) is 0 Å². The quantitative estimate of drug-likeness (QED) is 0.831. The number of amides is 2. The smallest absolute Gasteiger partial charge is 0.227 e. The van der Waals surface area contributed by atoms with Crippen molar-refractivity contribution in [1.82, 2.24) is 5.32 Å². The van der Waals surface area contributed by atoms with Crippen LogP contribution < -0.4 is 5.32 Å². The van der Waals surface area contributed by atoms with Crippen molar-refractivity contribution >= 4 is 11.8 Å². The fraction of sp³-hybridized carbons (Fsp3) is 0.467. The third-order valence-electron chi connectivity index (χ3n) is 3.93. The highest BCUT2D eigenvalue weighted by Crippen LogP contribution is 2.37. The van der Waals surface area contributed by atoms with Crippen LogP contribution in [0.4, 0.5) is 0 Å². The zero-order chi connectivity index (χ0) is 13.2. The summed E-state index contributed by atoms with van der Waals surface area (Å²) < 4.78 is 0. The van der Waals surface area contributed by atoms with Gasteiger partial charge in [0.05, 0.1) is 0 Å². The van der Waals surface area contributed by atoms with Crippen LogP contribution >= 0.6 is 0 Å². The van der Waals surface area contributed by atoms with Gasteiger partial charge in [-0.25, -0.2) is 0 Å². The van der Waals surface area contributed by atoms with Gasteiger partial charge in [0.15, 0.2) is 0 Å². The van der Waals surface area contributed by atoms with Crippen molar-refractivity contribution in [2.24, 2.45) is 0 Å². The molecule has 0 unspecified atom stereocenters.